The average Bonchev–Trinajstić information content (AvgIpc) is 3.08. The third-order valence-electron chi connectivity index (χ3n) is 5.96. The molecule has 1 saturated heterocycles. The van der Waals surface area contributed by atoms with E-state index < -0.39 is 11.6 Å². The van der Waals surface area contributed by atoms with Crippen LogP contribution in [0.15, 0.2) is 36.4 Å². The molecular formula is C23H24Cl2F2N4O. The Balaban J connectivity index is 1.51. The Hall–Kier alpha value is -2.35. The van der Waals surface area contributed by atoms with E-state index in [0.717, 1.165) is 43.6 Å². The van der Waals surface area contributed by atoms with Crippen LogP contribution in [0, 0.1) is 18.6 Å². The second-order valence-electron chi connectivity index (χ2n) is 7.79. The van der Waals surface area contributed by atoms with Crippen molar-refractivity contribution in [1.29, 1.82) is 0 Å². The summed E-state index contributed by atoms with van der Waals surface area (Å²) in [4.78, 5) is 4.58. The van der Waals surface area contributed by atoms with Crippen LogP contribution in [0.2, 0.25) is 10.0 Å². The molecule has 0 aliphatic carbocycles. The van der Waals surface area contributed by atoms with Crippen LogP contribution in [0.25, 0.3) is 11.3 Å². The van der Waals surface area contributed by atoms with Gasteiger partial charge >= 0.3 is 0 Å². The first-order chi connectivity index (χ1) is 15.3. The van der Waals surface area contributed by atoms with Crippen molar-refractivity contribution in [3.05, 3.63) is 63.8 Å². The lowest BCUT2D eigenvalue weighted by Crippen LogP contribution is -2.48. The number of anilines is 1. The van der Waals surface area contributed by atoms with E-state index in [-0.39, 0.29) is 11.7 Å². The summed E-state index contributed by atoms with van der Waals surface area (Å²) in [6, 6.07) is 9.20. The number of rotatable bonds is 5. The van der Waals surface area contributed by atoms with E-state index >= 15 is 0 Å². The van der Waals surface area contributed by atoms with Crippen LogP contribution in [-0.4, -0.2) is 48.0 Å². The van der Waals surface area contributed by atoms with Crippen molar-refractivity contribution in [2.24, 2.45) is 0 Å². The van der Waals surface area contributed by atoms with Crippen LogP contribution in [0.5, 0.6) is 5.75 Å². The Kier molecular flexibility index (Phi) is 6.60. The molecule has 32 heavy (non-hydrogen) atoms. The fourth-order valence-corrected chi connectivity index (χ4v) is 4.49. The zero-order chi connectivity index (χ0) is 23.0. The molecule has 4 rings (SSSR count). The number of methoxy groups -OCH3 is 1. The number of aromatic nitrogens is 2. The summed E-state index contributed by atoms with van der Waals surface area (Å²) in [5, 5.41) is 5.55. The summed E-state index contributed by atoms with van der Waals surface area (Å²) >= 11 is 12.6. The molecule has 5 nitrogen and oxygen atoms in total. The van der Waals surface area contributed by atoms with Gasteiger partial charge in [-0.3, -0.25) is 9.58 Å². The van der Waals surface area contributed by atoms with Crippen molar-refractivity contribution < 1.29 is 13.5 Å². The van der Waals surface area contributed by atoms with Crippen LogP contribution in [0.4, 0.5) is 14.5 Å². The topological polar surface area (TPSA) is 33.5 Å². The standard InChI is InChI=1S/C23H24Cl2F2N4O/c1-14-22(25)23(18-6-4-16(26)12-20(18)27)28-31(14)15(2)29-8-10-30(11-9-29)17-5-7-19(24)21(13-17)32-3/h4-7,12-13,15H,8-11H2,1-3H3. The fraction of sp³-hybridized carbons (Fsp3) is 0.348. The lowest BCUT2D eigenvalue weighted by Gasteiger charge is -2.39. The highest BCUT2D eigenvalue weighted by atomic mass is 35.5. The van der Waals surface area contributed by atoms with Crippen LogP contribution in [0.1, 0.15) is 18.8 Å². The van der Waals surface area contributed by atoms with E-state index in [1.165, 1.54) is 12.1 Å². The lowest BCUT2D eigenvalue weighted by molar-refractivity contribution is 0.132. The smallest absolute Gasteiger partial charge is 0.139 e. The molecule has 1 atom stereocenters. The molecule has 1 aliphatic rings. The molecule has 170 valence electrons. The average molecular weight is 481 g/mol. The number of benzene rings is 2. The minimum Gasteiger partial charge on any atom is -0.495 e. The highest BCUT2D eigenvalue weighted by molar-refractivity contribution is 6.33. The summed E-state index contributed by atoms with van der Waals surface area (Å²) in [5.41, 5.74) is 2.31. The van der Waals surface area contributed by atoms with E-state index in [4.69, 9.17) is 27.9 Å². The lowest BCUT2D eigenvalue weighted by atomic mass is 10.1. The molecule has 0 radical (unpaired) electrons. The van der Waals surface area contributed by atoms with Gasteiger partial charge in [-0.15, -0.1) is 0 Å². The number of nitrogens with zero attached hydrogens (tertiary/aromatic N) is 4. The third kappa shape index (κ3) is 4.29. The van der Waals surface area contributed by atoms with E-state index in [0.29, 0.717) is 21.5 Å². The van der Waals surface area contributed by atoms with Crippen molar-refractivity contribution >= 4 is 28.9 Å². The molecule has 1 aromatic heterocycles. The minimum atomic E-state index is -0.684. The van der Waals surface area contributed by atoms with Crippen molar-refractivity contribution in [3.8, 4) is 17.0 Å². The Morgan fingerprint density at radius 2 is 1.75 bits per heavy atom. The number of piperazine rings is 1. The van der Waals surface area contributed by atoms with Gasteiger partial charge in [0.25, 0.3) is 0 Å². The summed E-state index contributed by atoms with van der Waals surface area (Å²) in [5.74, 6) is -0.665. The van der Waals surface area contributed by atoms with Crippen molar-refractivity contribution in [1.82, 2.24) is 14.7 Å². The molecule has 2 aromatic carbocycles. The van der Waals surface area contributed by atoms with Crippen LogP contribution in [0.3, 0.4) is 0 Å². The number of halogens is 4. The Bertz CT molecular complexity index is 1130. The van der Waals surface area contributed by atoms with Gasteiger partial charge in [0.05, 0.1) is 22.8 Å². The Morgan fingerprint density at radius 1 is 1.03 bits per heavy atom. The summed E-state index contributed by atoms with van der Waals surface area (Å²) in [7, 11) is 1.61. The van der Waals surface area contributed by atoms with Gasteiger partial charge in [0.15, 0.2) is 0 Å². The van der Waals surface area contributed by atoms with Gasteiger partial charge in [-0.1, -0.05) is 23.2 Å². The summed E-state index contributed by atoms with van der Waals surface area (Å²) in [6.45, 7) is 7.16. The number of ether oxygens (including phenoxy) is 1. The first-order valence-corrected chi connectivity index (χ1v) is 11.1. The van der Waals surface area contributed by atoms with Crippen molar-refractivity contribution in [3.63, 3.8) is 0 Å². The fourth-order valence-electron chi connectivity index (χ4n) is 4.07. The zero-order valence-electron chi connectivity index (χ0n) is 18.1. The zero-order valence-corrected chi connectivity index (χ0v) is 19.6. The maximum Gasteiger partial charge on any atom is 0.139 e. The first kappa shape index (κ1) is 22.8. The molecule has 0 amide bonds. The van der Waals surface area contributed by atoms with E-state index in [1.807, 2.05) is 32.0 Å². The van der Waals surface area contributed by atoms with Gasteiger partial charge in [0.2, 0.25) is 0 Å². The monoisotopic (exact) mass is 480 g/mol. The molecule has 1 unspecified atom stereocenters. The Morgan fingerprint density at radius 3 is 2.41 bits per heavy atom. The molecule has 1 aliphatic heterocycles. The van der Waals surface area contributed by atoms with Gasteiger partial charge in [0.1, 0.15) is 29.2 Å². The highest BCUT2D eigenvalue weighted by Gasteiger charge is 2.26. The first-order valence-electron chi connectivity index (χ1n) is 10.3. The largest absolute Gasteiger partial charge is 0.495 e. The van der Waals surface area contributed by atoms with E-state index in [2.05, 4.69) is 14.9 Å². The van der Waals surface area contributed by atoms with Gasteiger partial charge < -0.3 is 9.64 Å². The molecule has 0 spiro atoms. The molecule has 0 N–H and O–H groups in total. The number of hydrogen-bond acceptors (Lipinski definition) is 4. The predicted molar refractivity (Wildman–Crippen MR) is 124 cm³/mol. The normalized spacial score (nSPS) is 15.8. The maximum atomic E-state index is 14.3. The second-order valence-corrected chi connectivity index (χ2v) is 8.58. The van der Waals surface area contributed by atoms with Crippen LogP contribution in [-0.2, 0) is 0 Å². The van der Waals surface area contributed by atoms with Crippen LogP contribution < -0.4 is 9.64 Å². The molecule has 3 aromatic rings. The van der Waals surface area contributed by atoms with Crippen molar-refractivity contribution in [2.75, 3.05) is 38.2 Å². The van der Waals surface area contributed by atoms with Crippen molar-refractivity contribution in [2.45, 2.75) is 20.0 Å². The summed E-state index contributed by atoms with van der Waals surface area (Å²) in [6.07, 6.45) is -0.0772. The maximum absolute atomic E-state index is 14.3. The van der Waals surface area contributed by atoms with Gasteiger partial charge in [-0.25, -0.2) is 8.78 Å². The minimum absolute atomic E-state index is 0.0772. The molecule has 0 saturated carbocycles. The molecular weight excluding hydrogens is 457 g/mol. The van der Waals surface area contributed by atoms with Crippen LogP contribution >= 0.6 is 23.2 Å². The Labute approximate surface area is 196 Å². The molecule has 0 bridgehead atoms. The van der Waals surface area contributed by atoms with Gasteiger partial charge in [-0.2, -0.15) is 5.10 Å². The quantitative estimate of drug-likeness (QED) is 0.462. The second kappa shape index (κ2) is 9.25. The van der Waals surface area contributed by atoms with Gasteiger partial charge in [0, 0.05) is 49.6 Å². The molecule has 9 heteroatoms. The predicted octanol–water partition coefficient (Wildman–Crippen LogP) is 5.79. The molecule has 1 fully saturated rings. The van der Waals surface area contributed by atoms with E-state index in [1.54, 1.807) is 11.8 Å². The highest BCUT2D eigenvalue weighted by Crippen LogP contribution is 2.34. The van der Waals surface area contributed by atoms with Gasteiger partial charge in [-0.05, 0) is 38.1 Å². The SMILES string of the molecule is COc1cc(N2CCN(C(C)n3nc(-c4ccc(F)cc4F)c(Cl)c3C)CC2)ccc1Cl. The summed E-state index contributed by atoms with van der Waals surface area (Å²) < 4.78 is 34.8. The molecule has 2 heterocycles. The third-order valence-corrected chi connectivity index (χ3v) is 6.72. The number of hydrogen-bond donors (Lipinski definition) is 0. The van der Waals surface area contributed by atoms with E-state index in [9.17, 15) is 8.78 Å².